The van der Waals surface area contributed by atoms with E-state index in [-0.39, 0.29) is 23.6 Å². The van der Waals surface area contributed by atoms with Gasteiger partial charge in [0.25, 0.3) is 5.91 Å². The summed E-state index contributed by atoms with van der Waals surface area (Å²) in [7, 11) is 0. The molecule has 4 aromatic carbocycles. The van der Waals surface area contributed by atoms with Crippen molar-refractivity contribution in [2.24, 2.45) is 0 Å². The van der Waals surface area contributed by atoms with Crippen molar-refractivity contribution in [3.63, 3.8) is 0 Å². The van der Waals surface area contributed by atoms with E-state index in [4.69, 9.17) is 21.8 Å². The highest BCUT2D eigenvalue weighted by molar-refractivity contribution is 6.30. The molecule has 0 aliphatic carbocycles. The minimum atomic E-state index is -1.26. The van der Waals surface area contributed by atoms with Gasteiger partial charge in [-0.05, 0) is 70.6 Å². The molecule has 1 aromatic heterocycles. The highest BCUT2D eigenvalue weighted by Gasteiger charge is 2.26. The van der Waals surface area contributed by atoms with Crippen molar-refractivity contribution in [2.45, 2.75) is 18.9 Å². The number of rotatable bonds is 8. The zero-order chi connectivity index (χ0) is 27.5. The van der Waals surface area contributed by atoms with Gasteiger partial charge in [-0.25, -0.2) is 4.79 Å². The van der Waals surface area contributed by atoms with Crippen LogP contribution < -0.4 is 11.1 Å². The molecule has 0 fully saturated rings. The van der Waals surface area contributed by atoms with E-state index in [1.807, 2.05) is 48.5 Å². The summed E-state index contributed by atoms with van der Waals surface area (Å²) in [6, 6.07) is 25.8. The number of halogens is 1. The quantitative estimate of drug-likeness (QED) is 0.189. The Morgan fingerprint density at radius 1 is 0.897 bits per heavy atom. The first-order chi connectivity index (χ1) is 18.8. The average Bonchev–Trinajstić information content (AvgIpc) is 3.26. The number of nitrogens with one attached hydrogen (secondary N) is 1. The van der Waals surface area contributed by atoms with E-state index in [0.717, 1.165) is 22.3 Å². The molecule has 5 rings (SSSR count). The number of aromatic hydroxyl groups is 1. The van der Waals surface area contributed by atoms with Crippen LogP contribution in [0.2, 0.25) is 5.02 Å². The van der Waals surface area contributed by atoms with E-state index in [0.29, 0.717) is 28.0 Å². The number of benzene rings is 4. The van der Waals surface area contributed by atoms with Crippen LogP contribution in [0, 0.1) is 0 Å². The Morgan fingerprint density at radius 2 is 1.62 bits per heavy atom. The smallest absolute Gasteiger partial charge is 0.326 e. The van der Waals surface area contributed by atoms with Crippen LogP contribution in [-0.4, -0.2) is 28.1 Å². The van der Waals surface area contributed by atoms with Crippen LogP contribution >= 0.6 is 11.6 Å². The van der Waals surface area contributed by atoms with Gasteiger partial charge in [0.2, 0.25) is 5.76 Å². The summed E-state index contributed by atoms with van der Waals surface area (Å²) in [6.45, 7) is 0. The SMILES string of the molecule is Nc1c(C(=O)N[C@@H](Cc2ccc(O)cc2Cc2ccccc2)C(=O)O)oc2cc(-c3ccc(Cl)cc3)ccc12. The number of aliphatic carboxylic acids is 1. The predicted octanol–water partition coefficient (Wildman–Crippen LogP) is 6.06. The third-order valence-electron chi connectivity index (χ3n) is 6.57. The van der Waals surface area contributed by atoms with Crippen LogP contribution in [0.3, 0.4) is 0 Å². The molecule has 1 amide bonds. The molecule has 0 spiro atoms. The Balaban J connectivity index is 1.39. The molecule has 7 nitrogen and oxygen atoms in total. The summed E-state index contributed by atoms with van der Waals surface area (Å²) < 4.78 is 5.81. The molecule has 0 radical (unpaired) electrons. The van der Waals surface area contributed by atoms with Crippen molar-refractivity contribution in [1.29, 1.82) is 0 Å². The number of nitrogens with two attached hydrogens (primary N) is 1. The molecular formula is C31H25ClN2O5. The molecule has 5 N–H and O–H groups in total. The number of nitrogen functional groups attached to an aromatic ring is 1. The van der Waals surface area contributed by atoms with Gasteiger partial charge in [0, 0.05) is 16.8 Å². The summed E-state index contributed by atoms with van der Waals surface area (Å²) in [5.74, 6) is -2.01. The van der Waals surface area contributed by atoms with Crippen LogP contribution in [0.4, 0.5) is 5.69 Å². The highest BCUT2D eigenvalue weighted by atomic mass is 35.5. The maximum Gasteiger partial charge on any atom is 0.326 e. The zero-order valence-corrected chi connectivity index (χ0v) is 21.5. The van der Waals surface area contributed by atoms with Crippen molar-refractivity contribution in [3.8, 4) is 16.9 Å². The van der Waals surface area contributed by atoms with Gasteiger partial charge in [0.1, 0.15) is 17.4 Å². The van der Waals surface area contributed by atoms with Crippen molar-refractivity contribution in [1.82, 2.24) is 5.32 Å². The van der Waals surface area contributed by atoms with Crippen LogP contribution in [0.15, 0.2) is 95.4 Å². The van der Waals surface area contributed by atoms with E-state index in [1.54, 1.807) is 36.4 Å². The maximum atomic E-state index is 13.2. The first-order valence-electron chi connectivity index (χ1n) is 12.2. The molecule has 5 aromatic rings. The fourth-order valence-electron chi connectivity index (χ4n) is 4.54. The molecule has 39 heavy (non-hydrogen) atoms. The van der Waals surface area contributed by atoms with Crippen molar-refractivity contribution < 1.29 is 24.2 Å². The van der Waals surface area contributed by atoms with Gasteiger partial charge in [-0.15, -0.1) is 0 Å². The van der Waals surface area contributed by atoms with Crippen LogP contribution in [0.1, 0.15) is 27.2 Å². The van der Waals surface area contributed by atoms with E-state index >= 15 is 0 Å². The van der Waals surface area contributed by atoms with Crippen molar-refractivity contribution >= 4 is 40.1 Å². The van der Waals surface area contributed by atoms with Gasteiger partial charge in [0.15, 0.2) is 0 Å². The summed E-state index contributed by atoms with van der Waals surface area (Å²) >= 11 is 5.99. The molecule has 0 saturated carbocycles. The molecule has 196 valence electrons. The summed E-state index contributed by atoms with van der Waals surface area (Å²) in [4.78, 5) is 25.3. The topological polar surface area (TPSA) is 126 Å². The fourth-order valence-corrected chi connectivity index (χ4v) is 4.67. The lowest BCUT2D eigenvalue weighted by Gasteiger charge is -2.17. The fraction of sp³-hybridized carbons (Fsp3) is 0.0968. The lowest BCUT2D eigenvalue weighted by atomic mass is 9.95. The van der Waals surface area contributed by atoms with Crippen LogP contribution in [-0.2, 0) is 17.6 Å². The third kappa shape index (κ3) is 5.73. The van der Waals surface area contributed by atoms with E-state index in [1.165, 1.54) is 6.07 Å². The number of phenolic OH excluding ortho intramolecular Hbond substituents is 1. The van der Waals surface area contributed by atoms with Gasteiger partial charge < -0.3 is 25.7 Å². The number of fused-ring (bicyclic) bond motifs is 1. The molecule has 0 unspecified atom stereocenters. The summed E-state index contributed by atoms with van der Waals surface area (Å²) in [6.07, 6.45) is 0.502. The molecule has 0 bridgehead atoms. The second-order valence-corrected chi connectivity index (χ2v) is 9.68. The number of phenols is 1. The van der Waals surface area contributed by atoms with E-state index in [2.05, 4.69) is 5.32 Å². The predicted molar refractivity (Wildman–Crippen MR) is 151 cm³/mol. The van der Waals surface area contributed by atoms with E-state index < -0.39 is 17.9 Å². The molecule has 0 saturated heterocycles. The van der Waals surface area contributed by atoms with Gasteiger partial charge in [0.05, 0.1) is 5.69 Å². The minimum absolute atomic E-state index is 0.00433. The zero-order valence-electron chi connectivity index (χ0n) is 20.7. The summed E-state index contributed by atoms with van der Waals surface area (Å²) in [5.41, 5.74) is 11.0. The largest absolute Gasteiger partial charge is 0.508 e. The molecule has 0 aliphatic heterocycles. The number of carbonyl (C=O) groups is 2. The monoisotopic (exact) mass is 540 g/mol. The van der Waals surface area contributed by atoms with Gasteiger partial charge >= 0.3 is 5.97 Å². The number of carboxylic acid groups (broad SMARTS) is 1. The number of carbonyl (C=O) groups excluding carboxylic acids is 1. The molecular weight excluding hydrogens is 516 g/mol. The van der Waals surface area contributed by atoms with Crippen LogP contribution in [0.5, 0.6) is 5.75 Å². The third-order valence-corrected chi connectivity index (χ3v) is 6.82. The normalized spacial score (nSPS) is 11.8. The Labute approximate surface area is 229 Å². The number of hydrogen-bond donors (Lipinski definition) is 4. The maximum absolute atomic E-state index is 13.2. The molecule has 1 heterocycles. The standard InChI is InChI=1S/C31H25ClN2O5/c32-23-10-6-19(7-11-23)21-9-13-25-27(17-21)39-29(28(25)33)30(36)34-26(31(37)38)16-20-8-12-24(35)15-22(20)14-18-4-2-1-3-5-18/h1-13,15,17,26,35H,14,16,33H2,(H,34,36)(H,37,38)/t26-/m0/s1. The van der Waals surface area contributed by atoms with E-state index in [9.17, 15) is 19.8 Å². The number of hydrogen-bond acceptors (Lipinski definition) is 5. The van der Waals surface area contributed by atoms with Crippen molar-refractivity contribution in [2.75, 3.05) is 5.73 Å². The number of amides is 1. The molecule has 0 aliphatic rings. The molecule has 8 heteroatoms. The number of furan rings is 1. The minimum Gasteiger partial charge on any atom is -0.508 e. The first-order valence-corrected chi connectivity index (χ1v) is 12.6. The lowest BCUT2D eigenvalue weighted by Crippen LogP contribution is -2.42. The van der Waals surface area contributed by atoms with Gasteiger partial charge in [-0.1, -0.05) is 66.2 Å². The second-order valence-electron chi connectivity index (χ2n) is 9.25. The van der Waals surface area contributed by atoms with Gasteiger partial charge in [-0.2, -0.15) is 0 Å². The number of carboxylic acids is 1. The Kier molecular flexibility index (Phi) is 7.25. The highest BCUT2D eigenvalue weighted by Crippen LogP contribution is 2.32. The average molecular weight is 541 g/mol. The first kappa shape index (κ1) is 25.9. The second kappa shape index (κ2) is 10.9. The Bertz CT molecular complexity index is 1660. The van der Waals surface area contributed by atoms with Gasteiger partial charge in [-0.3, -0.25) is 4.79 Å². The number of anilines is 1. The summed E-state index contributed by atoms with van der Waals surface area (Å²) in [5, 5.41) is 23.7. The lowest BCUT2D eigenvalue weighted by molar-refractivity contribution is -0.139. The van der Waals surface area contributed by atoms with Crippen LogP contribution in [0.25, 0.3) is 22.1 Å². The Hall–Kier alpha value is -4.75. The molecule has 1 atom stereocenters. The Morgan fingerprint density at radius 3 is 2.33 bits per heavy atom. The van der Waals surface area contributed by atoms with Crippen molar-refractivity contribution in [3.05, 3.63) is 118 Å².